The lowest BCUT2D eigenvalue weighted by Gasteiger charge is -2.13. The normalized spacial score (nSPS) is 11.6. The van der Waals surface area contributed by atoms with Crippen LogP contribution in [0.25, 0.3) is 0 Å². The molecule has 3 rings (SSSR count). The van der Waals surface area contributed by atoms with Gasteiger partial charge in [0.05, 0.1) is 11.1 Å². The quantitative estimate of drug-likeness (QED) is 0.678. The largest absolute Gasteiger partial charge is 0.482 e. The number of nitrogens with one attached hydrogen (secondary N) is 1. The first kappa shape index (κ1) is 16.9. The zero-order valence-electron chi connectivity index (χ0n) is 13.6. The molecule has 1 aromatic heterocycles. The van der Waals surface area contributed by atoms with Crippen LogP contribution in [0.2, 0.25) is 5.02 Å². The van der Waals surface area contributed by atoms with Crippen molar-refractivity contribution in [2.45, 2.75) is 19.6 Å². The molecule has 3 aromatic rings. The van der Waals surface area contributed by atoms with Crippen LogP contribution in [0.4, 0.5) is 5.88 Å². The summed E-state index contributed by atoms with van der Waals surface area (Å²) in [6, 6.07) is 19.0. The fourth-order valence-corrected chi connectivity index (χ4v) is 2.51. The minimum Gasteiger partial charge on any atom is -0.482 e. The number of halogens is 1. The van der Waals surface area contributed by atoms with Gasteiger partial charge in [-0.1, -0.05) is 54.1 Å². The topological polar surface area (TPSA) is 71.1 Å². The Balaban J connectivity index is 1.71. The van der Waals surface area contributed by atoms with Gasteiger partial charge >= 0.3 is 0 Å². The van der Waals surface area contributed by atoms with Crippen LogP contribution in [0.3, 0.4) is 0 Å². The summed E-state index contributed by atoms with van der Waals surface area (Å²) in [6.45, 7) is 2.07. The highest BCUT2D eigenvalue weighted by atomic mass is 35.5. The van der Waals surface area contributed by atoms with Crippen molar-refractivity contribution in [1.29, 1.82) is 5.26 Å². The van der Waals surface area contributed by atoms with Crippen LogP contribution < -0.4 is 10.1 Å². The van der Waals surface area contributed by atoms with Crippen LogP contribution >= 0.6 is 11.6 Å². The van der Waals surface area contributed by atoms with Crippen molar-refractivity contribution in [1.82, 2.24) is 4.98 Å². The highest BCUT2D eigenvalue weighted by molar-refractivity contribution is 6.32. The molecule has 0 spiro atoms. The van der Waals surface area contributed by atoms with E-state index in [2.05, 4.69) is 10.3 Å². The van der Waals surface area contributed by atoms with Gasteiger partial charge in [-0.3, -0.25) is 0 Å². The van der Waals surface area contributed by atoms with Crippen LogP contribution in [0, 0.1) is 11.3 Å². The zero-order valence-corrected chi connectivity index (χ0v) is 14.3. The van der Waals surface area contributed by atoms with E-state index in [-0.39, 0.29) is 18.3 Å². The minimum absolute atomic E-state index is 0.0291. The van der Waals surface area contributed by atoms with E-state index in [0.29, 0.717) is 22.5 Å². The summed E-state index contributed by atoms with van der Waals surface area (Å²) in [5.41, 5.74) is 1.28. The Kier molecular flexibility index (Phi) is 5.22. The molecule has 0 aliphatic rings. The fraction of sp³-hybridized carbons (Fsp3) is 0.158. The lowest BCUT2D eigenvalue weighted by molar-refractivity contribution is 0.265. The van der Waals surface area contributed by atoms with Crippen molar-refractivity contribution in [3.8, 4) is 11.8 Å². The Morgan fingerprint density at radius 3 is 2.64 bits per heavy atom. The monoisotopic (exact) mass is 353 g/mol. The van der Waals surface area contributed by atoms with Gasteiger partial charge in [0.1, 0.15) is 11.8 Å². The number of ether oxygens (including phenoxy) is 1. The first-order valence-corrected chi connectivity index (χ1v) is 8.14. The summed E-state index contributed by atoms with van der Waals surface area (Å²) in [5.74, 6) is 1.17. The third kappa shape index (κ3) is 4.11. The Morgan fingerprint density at radius 1 is 1.20 bits per heavy atom. The molecule has 0 saturated heterocycles. The molecule has 5 nitrogen and oxygen atoms in total. The van der Waals surface area contributed by atoms with Crippen molar-refractivity contribution < 1.29 is 9.15 Å². The average molecular weight is 354 g/mol. The van der Waals surface area contributed by atoms with Crippen LogP contribution in [-0.2, 0) is 6.61 Å². The van der Waals surface area contributed by atoms with E-state index in [1.54, 1.807) is 12.1 Å². The van der Waals surface area contributed by atoms with Gasteiger partial charge in [0.15, 0.2) is 6.61 Å². The van der Waals surface area contributed by atoms with Gasteiger partial charge in [-0.25, -0.2) is 0 Å². The molecule has 0 aliphatic heterocycles. The summed E-state index contributed by atoms with van der Waals surface area (Å²) < 4.78 is 11.2. The van der Waals surface area contributed by atoms with Gasteiger partial charge < -0.3 is 14.5 Å². The van der Waals surface area contributed by atoms with Gasteiger partial charge in [0.25, 0.3) is 0 Å². The second-order valence-electron chi connectivity index (χ2n) is 5.39. The smallest absolute Gasteiger partial charge is 0.236 e. The highest BCUT2D eigenvalue weighted by Gasteiger charge is 2.16. The van der Waals surface area contributed by atoms with Crippen molar-refractivity contribution in [3.05, 3.63) is 76.8 Å². The number of nitrogens with zero attached hydrogens (tertiary/aromatic N) is 2. The Hall–Kier alpha value is -2.97. The first-order chi connectivity index (χ1) is 12.2. The van der Waals surface area contributed by atoms with E-state index < -0.39 is 0 Å². The van der Waals surface area contributed by atoms with Crippen LogP contribution in [0.1, 0.15) is 30.1 Å². The summed E-state index contributed by atoms with van der Waals surface area (Å²) in [7, 11) is 0. The number of hydrogen-bond donors (Lipinski definition) is 1. The van der Waals surface area contributed by atoms with E-state index in [1.807, 2.05) is 55.5 Å². The number of rotatable bonds is 6. The number of benzene rings is 2. The predicted octanol–water partition coefficient (Wildman–Crippen LogP) is 4.95. The van der Waals surface area contributed by atoms with E-state index in [0.717, 1.165) is 5.56 Å². The third-order valence-electron chi connectivity index (χ3n) is 3.61. The highest BCUT2D eigenvalue weighted by Crippen LogP contribution is 2.26. The summed E-state index contributed by atoms with van der Waals surface area (Å²) in [6.07, 6.45) is 0. The molecular formula is C19H16ClN3O2. The number of hydrogen-bond acceptors (Lipinski definition) is 5. The lowest BCUT2D eigenvalue weighted by Crippen LogP contribution is -2.06. The molecule has 1 atom stereocenters. The maximum absolute atomic E-state index is 9.27. The van der Waals surface area contributed by atoms with E-state index in [1.165, 1.54) is 0 Å². The minimum atomic E-state index is -0.0291. The Morgan fingerprint density at radius 2 is 1.92 bits per heavy atom. The Labute approximate surface area is 150 Å². The summed E-state index contributed by atoms with van der Waals surface area (Å²) in [4.78, 5) is 4.16. The molecule has 0 fully saturated rings. The zero-order chi connectivity index (χ0) is 17.6. The SMILES string of the molecule is C[C@@H](Nc1oc(COc2ccccc2Cl)nc1C#N)c1ccccc1. The average Bonchev–Trinajstić information content (AvgIpc) is 3.03. The molecule has 0 bridgehead atoms. The molecule has 2 aromatic carbocycles. The van der Waals surface area contributed by atoms with Crippen molar-refractivity contribution >= 4 is 17.5 Å². The molecule has 126 valence electrons. The van der Waals surface area contributed by atoms with E-state index in [9.17, 15) is 5.26 Å². The molecule has 1 heterocycles. The fourth-order valence-electron chi connectivity index (χ4n) is 2.32. The molecule has 0 unspecified atom stereocenters. The molecule has 6 heteroatoms. The van der Waals surface area contributed by atoms with Crippen LogP contribution in [0.5, 0.6) is 5.75 Å². The molecule has 0 saturated carbocycles. The lowest BCUT2D eigenvalue weighted by atomic mass is 10.1. The van der Waals surface area contributed by atoms with Crippen molar-refractivity contribution in [2.24, 2.45) is 0 Å². The number of aromatic nitrogens is 1. The summed E-state index contributed by atoms with van der Waals surface area (Å²) >= 11 is 6.05. The number of oxazole rings is 1. The van der Waals surface area contributed by atoms with Gasteiger partial charge in [-0.2, -0.15) is 10.2 Å². The van der Waals surface area contributed by atoms with E-state index in [4.69, 9.17) is 20.8 Å². The molecule has 0 radical (unpaired) electrons. The summed E-state index contributed by atoms with van der Waals surface area (Å²) in [5, 5.41) is 12.9. The number of nitriles is 1. The molecule has 0 aliphatic carbocycles. The first-order valence-electron chi connectivity index (χ1n) is 7.76. The molecule has 0 amide bonds. The van der Waals surface area contributed by atoms with Crippen molar-refractivity contribution in [2.75, 3.05) is 5.32 Å². The van der Waals surface area contributed by atoms with Gasteiger partial charge in [-0.15, -0.1) is 0 Å². The van der Waals surface area contributed by atoms with Crippen molar-refractivity contribution in [3.63, 3.8) is 0 Å². The molecule has 25 heavy (non-hydrogen) atoms. The van der Waals surface area contributed by atoms with Gasteiger partial charge in [0.2, 0.25) is 17.5 Å². The predicted molar refractivity (Wildman–Crippen MR) is 95.5 cm³/mol. The number of anilines is 1. The maximum Gasteiger partial charge on any atom is 0.236 e. The standard InChI is InChI=1S/C19H16ClN3O2/c1-13(14-7-3-2-4-8-14)22-19-16(11-21)23-18(25-19)12-24-17-10-6-5-9-15(17)20/h2-10,13,22H,12H2,1H3/t13-/m1/s1. The van der Waals surface area contributed by atoms with E-state index >= 15 is 0 Å². The van der Waals surface area contributed by atoms with Gasteiger partial charge in [-0.05, 0) is 24.6 Å². The maximum atomic E-state index is 9.27. The van der Waals surface area contributed by atoms with Crippen LogP contribution in [0.15, 0.2) is 59.0 Å². The molecular weight excluding hydrogens is 338 g/mol. The molecule has 1 N–H and O–H groups in total. The second-order valence-corrected chi connectivity index (χ2v) is 5.80. The number of para-hydroxylation sites is 1. The Bertz CT molecular complexity index is 887. The third-order valence-corrected chi connectivity index (χ3v) is 3.92. The van der Waals surface area contributed by atoms with Crippen LogP contribution in [-0.4, -0.2) is 4.98 Å². The van der Waals surface area contributed by atoms with Gasteiger partial charge in [0, 0.05) is 0 Å². The second kappa shape index (κ2) is 7.73.